The number of aromatic nitrogens is 3. The quantitative estimate of drug-likeness (QED) is 0.298. The lowest BCUT2D eigenvalue weighted by Gasteiger charge is -2.08. The van der Waals surface area contributed by atoms with Gasteiger partial charge in [0.1, 0.15) is 0 Å². The molecule has 1 heterocycles. The molecule has 3 aromatic rings. The van der Waals surface area contributed by atoms with E-state index in [0.29, 0.717) is 23.4 Å². The van der Waals surface area contributed by atoms with E-state index in [1.165, 1.54) is 0 Å². The summed E-state index contributed by atoms with van der Waals surface area (Å²) < 4.78 is 5.18. The lowest BCUT2D eigenvalue weighted by Crippen LogP contribution is -2.17. The standard InChI is InChI=1S/C22H22N4O4S/c1-2-3-12-30-21(29)16-10-7-11-17(13-16)23-18(27)14-31-22-24-20(28)19(25-26-22)15-8-5-4-6-9-15/h4-11,13H,2-3,12,14H2,1H3,(H,23,27)(H,24,26,28). The highest BCUT2D eigenvalue weighted by molar-refractivity contribution is 7.99. The molecule has 9 heteroatoms. The number of hydrogen-bond acceptors (Lipinski definition) is 7. The molecule has 1 amide bonds. The Morgan fingerprint density at radius 1 is 1.10 bits per heavy atom. The van der Waals surface area contributed by atoms with Crippen molar-refractivity contribution < 1.29 is 14.3 Å². The minimum atomic E-state index is -0.426. The van der Waals surface area contributed by atoms with Gasteiger partial charge in [0.05, 0.1) is 17.9 Å². The number of esters is 1. The van der Waals surface area contributed by atoms with Gasteiger partial charge in [-0.25, -0.2) is 4.79 Å². The molecule has 0 unspecified atom stereocenters. The number of nitrogens with one attached hydrogen (secondary N) is 2. The molecule has 0 fully saturated rings. The Balaban J connectivity index is 1.56. The topological polar surface area (TPSA) is 114 Å². The number of thioether (sulfide) groups is 1. The lowest BCUT2D eigenvalue weighted by molar-refractivity contribution is -0.113. The number of H-pyrrole nitrogens is 1. The van der Waals surface area contributed by atoms with Crippen molar-refractivity contribution in [3.8, 4) is 11.3 Å². The molecule has 2 aromatic carbocycles. The van der Waals surface area contributed by atoms with Crippen LogP contribution in [0, 0.1) is 0 Å². The third kappa shape index (κ3) is 6.51. The number of unbranched alkanes of at least 4 members (excludes halogenated alkanes) is 1. The Bertz CT molecular complexity index is 1100. The van der Waals surface area contributed by atoms with Gasteiger partial charge in [0.25, 0.3) is 5.56 Å². The second-order valence-electron chi connectivity index (χ2n) is 6.58. The number of carbonyl (C=O) groups excluding carboxylic acids is 2. The summed E-state index contributed by atoms with van der Waals surface area (Å²) in [5.41, 5.74) is 1.36. The number of carbonyl (C=O) groups is 2. The first kappa shape index (κ1) is 22.2. The fourth-order valence-corrected chi connectivity index (χ4v) is 3.22. The first-order chi connectivity index (χ1) is 15.1. The second-order valence-corrected chi connectivity index (χ2v) is 7.55. The van der Waals surface area contributed by atoms with E-state index in [2.05, 4.69) is 20.5 Å². The molecule has 160 valence electrons. The predicted molar refractivity (Wildman–Crippen MR) is 119 cm³/mol. The molecule has 0 bridgehead atoms. The van der Waals surface area contributed by atoms with E-state index in [9.17, 15) is 14.4 Å². The summed E-state index contributed by atoms with van der Waals surface area (Å²) >= 11 is 1.06. The first-order valence-electron chi connectivity index (χ1n) is 9.79. The number of amides is 1. The van der Waals surface area contributed by atoms with Crippen LogP contribution in [0.25, 0.3) is 11.3 Å². The van der Waals surface area contributed by atoms with Gasteiger partial charge in [-0.2, -0.15) is 0 Å². The third-order valence-corrected chi connectivity index (χ3v) is 5.04. The number of benzene rings is 2. The van der Waals surface area contributed by atoms with Crippen LogP contribution in [-0.2, 0) is 9.53 Å². The summed E-state index contributed by atoms with van der Waals surface area (Å²) in [6, 6.07) is 15.6. The number of rotatable bonds is 9. The lowest BCUT2D eigenvalue weighted by atomic mass is 10.2. The zero-order valence-corrected chi connectivity index (χ0v) is 17.8. The molecule has 0 aliphatic carbocycles. The Morgan fingerprint density at radius 2 is 1.90 bits per heavy atom. The summed E-state index contributed by atoms with van der Waals surface area (Å²) in [5.74, 6) is -0.720. The fraction of sp³-hybridized carbons (Fsp3) is 0.227. The maximum atomic E-state index is 12.3. The SMILES string of the molecule is CCCCOC(=O)c1cccc(NC(=O)CSc2nnc(-c3ccccc3)c(=O)[nH]2)c1. The van der Waals surface area contributed by atoms with E-state index in [0.717, 1.165) is 24.6 Å². The normalized spacial score (nSPS) is 10.5. The van der Waals surface area contributed by atoms with Crippen molar-refractivity contribution >= 4 is 29.3 Å². The monoisotopic (exact) mass is 438 g/mol. The fourth-order valence-electron chi connectivity index (χ4n) is 2.62. The van der Waals surface area contributed by atoms with Gasteiger partial charge in [0, 0.05) is 11.3 Å². The predicted octanol–water partition coefficient (Wildman–Crippen LogP) is 3.52. The molecule has 0 radical (unpaired) electrons. The zero-order chi connectivity index (χ0) is 22.1. The maximum Gasteiger partial charge on any atom is 0.338 e. The second kappa shape index (κ2) is 11.1. The van der Waals surface area contributed by atoms with E-state index >= 15 is 0 Å². The molecule has 31 heavy (non-hydrogen) atoms. The molecular formula is C22H22N4O4S. The molecule has 0 saturated heterocycles. The van der Waals surface area contributed by atoms with E-state index in [1.807, 2.05) is 25.1 Å². The summed E-state index contributed by atoms with van der Waals surface area (Å²) in [4.78, 5) is 39.2. The summed E-state index contributed by atoms with van der Waals surface area (Å²) in [5, 5.41) is 10.9. The van der Waals surface area contributed by atoms with Crippen molar-refractivity contribution in [2.24, 2.45) is 0 Å². The molecule has 2 N–H and O–H groups in total. The molecule has 3 rings (SSSR count). The number of anilines is 1. The van der Waals surface area contributed by atoms with E-state index in [4.69, 9.17) is 4.74 Å². The molecule has 8 nitrogen and oxygen atoms in total. The zero-order valence-electron chi connectivity index (χ0n) is 17.0. The van der Waals surface area contributed by atoms with Gasteiger partial charge in [0.15, 0.2) is 10.9 Å². The van der Waals surface area contributed by atoms with Gasteiger partial charge in [-0.05, 0) is 24.6 Å². The summed E-state index contributed by atoms with van der Waals surface area (Å²) in [6.07, 6.45) is 1.74. The molecular weight excluding hydrogens is 416 g/mol. The Morgan fingerprint density at radius 3 is 2.65 bits per heavy atom. The minimum Gasteiger partial charge on any atom is -0.462 e. The van der Waals surface area contributed by atoms with Crippen molar-refractivity contribution in [3.05, 3.63) is 70.5 Å². The van der Waals surface area contributed by atoms with Crippen molar-refractivity contribution in [2.45, 2.75) is 24.9 Å². The molecule has 0 aliphatic rings. The minimum absolute atomic E-state index is 0.0144. The highest BCUT2D eigenvalue weighted by Gasteiger charge is 2.11. The molecule has 0 aliphatic heterocycles. The van der Waals surface area contributed by atoms with Crippen LogP contribution in [0.3, 0.4) is 0 Å². The highest BCUT2D eigenvalue weighted by Crippen LogP contribution is 2.16. The van der Waals surface area contributed by atoms with Crippen molar-refractivity contribution in [2.75, 3.05) is 17.7 Å². The largest absolute Gasteiger partial charge is 0.462 e. The first-order valence-corrected chi connectivity index (χ1v) is 10.8. The van der Waals surface area contributed by atoms with Crippen molar-refractivity contribution in [1.82, 2.24) is 15.2 Å². The van der Waals surface area contributed by atoms with Crippen LogP contribution in [0.5, 0.6) is 0 Å². The van der Waals surface area contributed by atoms with Crippen molar-refractivity contribution in [3.63, 3.8) is 0 Å². The highest BCUT2D eigenvalue weighted by atomic mass is 32.2. The van der Waals surface area contributed by atoms with E-state index < -0.39 is 5.97 Å². The number of ether oxygens (including phenoxy) is 1. The van der Waals surface area contributed by atoms with Crippen LogP contribution in [0.1, 0.15) is 30.1 Å². The van der Waals surface area contributed by atoms with Gasteiger partial charge in [-0.3, -0.25) is 14.6 Å². The van der Waals surface area contributed by atoms with Crippen LogP contribution < -0.4 is 10.9 Å². The summed E-state index contributed by atoms with van der Waals surface area (Å²) in [7, 11) is 0. The van der Waals surface area contributed by atoms with E-state index in [1.54, 1.807) is 36.4 Å². The molecule has 0 spiro atoms. The molecule has 0 atom stereocenters. The van der Waals surface area contributed by atoms with Crippen LogP contribution in [0.15, 0.2) is 64.5 Å². The molecule has 1 aromatic heterocycles. The van der Waals surface area contributed by atoms with Gasteiger partial charge >= 0.3 is 5.97 Å². The Labute approximate surface area is 183 Å². The van der Waals surface area contributed by atoms with Crippen molar-refractivity contribution in [1.29, 1.82) is 0 Å². The summed E-state index contributed by atoms with van der Waals surface area (Å²) in [6.45, 7) is 2.38. The van der Waals surface area contributed by atoms with Gasteiger partial charge in [-0.1, -0.05) is 61.5 Å². The van der Waals surface area contributed by atoms with Crippen LogP contribution in [0.2, 0.25) is 0 Å². The van der Waals surface area contributed by atoms with E-state index in [-0.39, 0.29) is 28.1 Å². The number of nitrogens with zero attached hydrogens (tertiary/aromatic N) is 2. The van der Waals surface area contributed by atoms with Gasteiger partial charge < -0.3 is 10.1 Å². The molecule has 0 saturated carbocycles. The van der Waals surface area contributed by atoms with Crippen LogP contribution in [-0.4, -0.2) is 39.4 Å². The third-order valence-electron chi connectivity index (χ3n) is 4.18. The Kier molecular flexibility index (Phi) is 7.94. The van der Waals surface area contributed by atoms with Gasteiger partial charge in [0.2, 0.25) is 5.91 Å². The number of aromatic amines is 1. The van der Waals surface area contributed by atoms with Gasteiger partial charge in [-0.15, -0.1) is 10.2 Å². The van der Waals surface area contributed by atoms with Crippen LogP contribution in [0.4, 0.5) is 5.69 Å². The van der Waals surface area contributed by atoms with Crippen LogP contribution >= 0.6 is 11.8 Å². The number of hydrogen-bond donors (Lipinski definition) is 2. The maximum absolute atomic E-state index is 12.3. The average molecular weight is 439 g/mol. The smallest absolute Gasteiger partial charge is 0.338 e. The average Bonchev–Trinajstić information content (AvgIpc) is 2.78. The Hall–Kier alpha value is -3.46.